The lowest BCUT2D eigenvalue weighted by Gasteiger charge is -2.41. The van der Waals surface area contributed by atoms with Crippen LogP contribution in [0.5, 0.6) is 0 Å². The lowest BCUT2D eigenvalue weighted by Crippen LogP contribution is -2.54. The van der Waals surface area contributed by atoms with Gasteiger partial charge in [-0.05, 0) is 68.7 Å². The molecule has 33 heavy (non-hydrogen) atoms. The Kier molecular flexibility index (Phi) is 8.02. The average Bonchev–Trinajstić information content (AvgIpc) is 3.32. The van der Waals surface area contributed by atoms with E-state index in [9.17, 15) is 14.0 Å². The van der Waals surface area contributed by atoms with E-state index in [1.807, 2.05) is 11.8 Å². The number of halogens is 1. The highest BCUT2D eigenvalue weighted by atomic mass is 19.1. The number of carbonyl (C=O) groups excluding carboxylic acids is 2. The Bertz CT molecular complexity index is 849. The van der Waals surface area contributed by atoms with Gasteiger partial charge >= 0.3 is 0 Å². The molecule has 0 spiro atoms. The normalized spacial score (nSPS) is 23.1. The first kappa shape index (κ1) is 24.1. The third-order valence-corrected chi connectivity index (χ3v) is 7.66. The molecule has 2 heterocycles. The number of hydrogen-bond acceptors (Lipinski definition) is 4. The maximum absolute atomic E-state index is 14.4. The molecule has 3 aliphatic rings. The Balaban J connectivity index is 1.35. The molecule has 1 aromatic carbocycles. The number of nitrogens with one attached hydrogen (secondary N) is 1. The van der Waals surface area contributed by atoms with E-state index in [4.69, 9.17) is 4.74 Å². The van der Waals surface area contributed by atoms with Crippen molar-refractivity contribution in [1.29, 1.82) is 0 Å². The fourth-order valence-corrected chi connectivity index (χ4v) is 5.60. The Labute approximate surface area is 196 Å². The van der Waals surface area contributed by atoms with Crippen LogP contribution in [0.2, 0.25) is 0 Å². The summed E-state index contributed by atoms with van der Waals surface area (Å²) >= 11 is 0. The number of ether oxygens (including phenoxy) is 1. The Morgan fingerprint density at radius 1 is 1.12 bits per heavy atom. The van der Waals surface area contributed by atoms with Crippen LogP contribution >= 0.6 is 0 Å². The molecule has 6 nitrogen and oxygen atoms in total. The zero-order valence-corrected chi connectivity index (χ0v) is 20.1. The maximum Gasteiger partial charge on any atom is 0.226 e. The first-order valence-electron chi connectivity index (χ1n) is 12.6. The van der Waals surface area contributed by atoms with E-state index in [2.05, 4.69) is 17.1 Å². The van der Waals surface area contributed by atoms with Crippen molar-refractivity contribution in [2.45, 2.75) is 71.4 Å². The minimum Gasteiger partial charge on any atom is -0.381 e. The molecule has 0 bridgehead atoms. The molecule has 3 fully saturated rings. The third kappa shape index (κ3) is 6.12. The van der Waals surface area contributed by atoms with Crippen LogP contribution < -0.4 is 5.32 Å². The lowest BCUT2D eigenvalue weighted by atomic mass is 9.96. The van der Waals surface area contributed by atoms with Gasteiger partial charge in [0.25, 0.3) is 0 Å². The quantitative estimate of drug-likeness (QED) is 0.695. The van der Waals surface area contributed by atoms with Gasteiger partial charge < -0.3 is 15.0 Å². The molecule has 2 saturated heterocycles. The average molecular weight is 460 g/mol. The fourth-order valence-electron chi connectivity index (χ4n) is 5.60. The number of piperazine rings is 1. The van der Waals surface area contributed by atoms with Crippen LogP contribution in [0.4, 0.5) is 10.1 Å². The van der Waals surface area contributed by atoms with Gasteiger partial charge in [0, 0.05) is 63.5 Å². The van der Waals surface area contributed by atoms with Gasteiger partial charge in [0.05, 0.1) is 0 Å². The number of carbonyl (C=O) groups is 2. The summed E-state index contributed by atoms with van der Waals surface area (Å²) in [5.74, 6) is 0.457. The van der Waals surface area contributed by atoms with Crippen molar-refractivity contribution < 1.29 is 18.7 Å². The highest BCUT2D eigenvalue weighted by Gasteiger charge is 2.33. The summed E-state index contributed by atoms with van der Waals surface area (Å²) in [4.78, 5) is 29.8. The largest absolute Gasteiger partial charge is 0.381 e. The minimum atomic E-state index is -0.333. The number of nitrogens with zero attached hydrogens (tertiary/aromatic N) is 2. The molecule has 2 aliphatic heterocycles. The van der Waals surface area contributed by atoms with Gasteiger partial charge in [-0.1, -0.05) is 12.8 Å². The van der Waals surface area contributed by atoms with Gasteiger partial charge in [-0.25, -0.2) is 4.39 Å². The van der Waals surface area contributed by atoms with Crippen LogP contribution in [0, 0.1) is 24.6 Å². The van der Waals surface area contributed by atoms with E-state index in [1.165, 1.54) is 6.07 Å². The number of anilines is 1. The fraction of sp³-hybridized carbons (Fsp3) is 0.692. The smallest absolute Gasteiger partial charge is 0.226 e. The van der Waals surface area contributed by atoms with E-state index in [-0.39, 0.29) is 23.7 Å². The van der Waals surface area contributed by atoms with Crippen molar-refractivity contribution in [1.82, 2.24) is 9.80 Å². The van der Waals surface area contributed by atoms with Crippen LogP contribution in [0.25, 0.3) is 0 Å². The molecular formula is C26H38FN3O3. The standard InChI is InChI=1S/C26H38FN3O3/c1-18-16-29(9-10-30(18)26(32)21-5-3-4-6-21)17-22-14-23(27)15-24(19(22)2)28-25(31)13-20-7-11-33-12-8-20/h14-15,18,20-21H,3-13,16-17H2,1-2H3,(H,28,31). The molecule has 1 saturated carbocycles. The second-order valence-corrected chi connectivity index (χ2v) is 10.1. The summed E-state index contributed by atoms with van der Waals surface area (Å²) < 4.78 is 19.8. The van der Waals surface area contributed by atoms with Gasteiger partial charge in [-0.2, -0.15) is 0 Å². The van der Waals surface area contributed by atoms with Gasteiger partial charge in [0.2, 0.25) is 11.8 Å². The molecule has 1 unspecified atom stereocenters. The maximum atomic E-state index is 14.4. The summed E-state index contributed by atoms with van der Waals surface area (Å²) in [6, 6.07) is 3.14. The van der Waals surface area contributed by atoms with Crippen molar-refractivity contribution in [3.05, 3.63) is 29.1 Å². The Morgan fingerprint density at radius 2 is 1.85 bits per heavy atom. The third-order valence-electron chi connectivity index (χ3n) is 7.66. The molecule has 1 atom stereocenters. The summed E-state index contributed by atoms with van der Waals surface area (Å²) in [5.41, 5.74) is 2.36. The highest BCUT2D eigenvalue weighted by molar-refractivity contribution is 5.91. The number of rotatable bonds is 6. The molecule has 7 heteroatoms. The molecule has 1 aromatic rings. The Morgan fingerprint density at radius 3 is 2.55 bits per heavy atom. The van der Waals surface area contributed by atoms with Crippen LogP contribution in [0.15, 0.2) is 12.1 Å². The first-order chi connectivity index (χ1) is 15.9. The Hall–Kier alpha value is -1.99. The van der Waals surface area contributed by atoms with Gasteiger partial charge in [0.15, 0.2) is 0 Å². The monoisotopic (exact) mass is 459 g/mol. The molecule has 182 valence electrons. The molecule has 1 N–H and O–H groups in total. The van der Waals surface area contributed by atoms with Crippen LogP contribution in [0.1, 0.15) is 63.0 Å². The van der Waals surface area contributed by atoms with E-state index in [1.54, 1.807) is 6.07 Å². The molecule has 1 aliphatic carbocycles. The molecular weight excluding hydrogens is 421 g/mol. The van der Waals surface area contributed by atoms with Gasteiger partial charge in [-0.3, -0.25) is 14.5 Å². The molecule has 4 rings (SSSR count). The van der Waals surface area contributed by atoms with Crippen LogP contribution in [-0.2, 0) is 20.9 Å². The van der Waals surface area contributed by atoms with E-state index >= 15 is 0 Å². The van der Waals surface area contributed by atoms with Gasteiger partial charge in [-0.15, -0.1) is 0 Å². The lowest BCUT2D eigenvalue weighted by molar-refractivity contribution is -0.140. The second kappa shape index (κ2) is 11.0. The summed E-state index contributed by atoms with van der Waals surface area (Å²) in [6.45, 7) is 8.37. The molecule has 0 radical (unpaired) electrons. The predicted octanol–water partition coefficient (Wildman–Crippen LogP) is 4.11. The number of hydrogen-bond donors (Lipinski definition) is 1. The summed E-state index contributed by atoms with van der Waals surface area (Å²) in [7, 11) is 0. The van der Waals surface area contributed by atoms with Crippen LogP contribution in [-0.4, -0.2) is 60.5 Å². The van der Waals surface area contributed by atoms with E-state index in [0.29, 0.717) is 43.7 Å². The van der Waals surface area contributed by atoms with Crippen molar-refractivity contribution >= 4 is 17.5 Å². The van der Waals surface area contributed by atoms with Crippen molar-refractivity contribution in [2.75, 3.05) is 38.2 Å². The highest BCUT2D eigenvalue weighted by Crippen LogP contribution is 2.29. The van der Waals surface area contributed by atoms with E-state index in [0.717, 1.165) is 69.3 Å². The molecule has 0 aromatic heterocycles. The second-order valence-electron chi connectivity index (χ2n) is 10.1. The zero-order valence-electron chi connectivity index (χ0n) is 20.1. The van der Waals surface area contributed by atoms with Crippen molar-refractivity contribution in [2.24, 2.45) is 11.8 Å². The van der Waals surface area contributed by atoms with Crippen molar-refractivity contribution in [3.8, 4) is 0 Å². The SMILES string of the molecule is Cc1c(CN2CCN(C(=O)C3CCCC3)C(C)C2)cc(F)cc1NC(=O)CC1CCOCC1. The predicted molar refractivity (Wildman–Crippen MR) is 126 cm³/mol. The van der Waals surface area contributed by atoms with Gasteiger partial charge in [0.1, 0.15) is 5.82 Å². The first-order valence-corrected chi connectivity index (χ1v) is 12.6. The number of benzene rings is 1. The van der Waals surface area contributed by atoms with Crippen molar-refractivity contribution in [3.63, 3.8) is 0 Å². The summed E-state index contributed by atoms with van der Waals surface area (Å²) in [6.07, 6.45) is 6.62. The van der Waals surface area contributed by atoms with E-state index < -0.39 is 0 Å². The molecule has 2 amide bonds. The number of amides is 2. The zero-order chi connectivity index (χ0) is 23.4. The summed E-state index contributed by atoms with van der Waals surface area (Å²) in [5, 5.41) is 2.95. The minimum absolute atomic E-state index is 0.0609. The van der Waals surface area contributed by atoms with Crippen LogP contribution in [0.3, 0.4) is 0 Å². The topological polar surface area (TPSA) is 61.9 Å².